The predicted molar refractivity (Wildman–Crippen MR) is 147 cm³/mol. The molecule has 0 fully saturated rings. The van der Waals surface area contributed by atoms with Crippen molar-refractivity contribution in [1.82, 2.24) is 23.9 Å². The second-order valence-electron chi connectivity index (χ2n) is 10.2. The molecule has 4 rings (SSSR count). The zero-order chi connectivity index (χ0) is 30.3. The highest BCUT2D eigenvalue weighted by Gasteiger charge is 2.37. The van der Waals surface area contributed by atoms with Crippen LogP contribution in [0.4, 0.5) is 5.69 Å². The standard InChI is InChI=1S/C25H34N6O8S2/c1-15-10-31(16(2)13-32)25(33)19-8-7-9-20(28-40(34,35)24-17(3)27-39-18(24)4)23(19)38-21(15)11-30(6)41(36,37)22-12-29(5)14-26-22/h7-9,12,14-16,21,28,32H,10-11,13H2,1-6H3/t15-,16+,21-/m1/s1. The number of sulfonamides is 2. The van der Waals surface area contributed by atoms with Crippen LogP contribution in [0.15, 0.2) is 45.2 Å². The second-order valence-corrected chi connectivity index (χ2v) is 13.8. The Kier molecular flexibility index (Phi) is 8.50. The Bertz CT molecular complexity index is 1630. The SMILES string of the molecule is Cc1noc(C)c1S(=O)(=O)Nc1cccc2c1O[C@H](CN(C)S(=O)(=O)c1cn(C)cn1)[C@H](C)CN([C@@H](C)CO)C2=O. The molecule has 3 atom stereocenters. The van der Waals surface area contributed by atoms with Crippen molar-refractivity contribution in [2.24, 2.45) is 13.0 Å². The zero-order valence-corrected chi connectivity index (χ0v) is 25.2. The van der Waals surface area contributed by atoms with Crippen molar-refractivity contribution >= 4 is 31.6 Å². The number of aromatic nitrogens is 3. The van der Waals surface area contributed by atoms with Crippen molar-refractivity contribution < 1.29 is 36.0 Å². The first-order chi connectivity index (χ1) is 19.2. The number of carbonyl (C=O) groups excluding carboxylic acids is 1. The number of benzene rings is 1. The topological polar surface area (TPSA) is 177 Å². The first kappa shape index (κ1) is 30.5. The van der Waals surface area contributed by atoms with Gasteiger partial charge in [-0.2, -0.15) is 4.31 Å². The summed E-state index contributed by atoms with van der Waals surface area (Å²) in [5, 5.41) is 13.5. The molecule has 16 heteroatoms. The number of hydrogen-bond acceptors (Lipinski definition) is 10. The van der Waals surface area contributed by atoms with Crippen LogP contribution in [0, 0.1) is 19.8 Å². The highest BCUT2D eigenvalue weighted by Crippen LogP contribution is 2.37. The number of hydrogen-bond donors (Lipinski definition) is 2. The number of fused-ring (bicyclic) bond motifs is 1. The summed E-state index contributed by atoms with van der Waals surface area (Å²) in [4.78, 5) is 19.0. The Morgan fingerprint density at radius 1 is 1.24 bits per heavy atom. The number of aliphatic hydroxyl groups excluding tert-OH is 1. The van der Waals surface area contributed by atoms with E-state index in [1.54, 1.807) is 20.9 Å². The Balaban J connectivity index is 1.78. The number of nitrogens with zero attached hydrogens (tertiary/aromatic N) is 5. The minimum Gasteiger partial charge on any atom is -0.486 e. The molecule has 1 amide bonds. The maximum atomic E-state index is 13.7. The van der Waals surface area contributed by atoms with Crippen LogP contribution in [-0.2, 0) is 27.1 Å². The molecule has 0 radical (unpaired) electrons. The molecule has 1 aliphatic heterocycles. The van der Waals surface area contributed by atoms with E-state index in [4.69, 9.17) is 9.26 Å². The summed E-state index contributed by atoms with van der Waals surface area (Å²) in [5.74, 6) is -0.890. The molecule has 3 aromatic rings. The van der Waals surface area contributed by atoms with E-state index in [2.05, 4.69) is 14.9 Å². The van der Waals surface area contributed by atoms with E-state index in [-0.39, 0.29) is 58.1 Å². The van der Waals surface area contributed by atoms with Crippen LogP contribution in [0.2, 0.25) is 0 Å². The Morgan fingerprint density at radius 2 is 1.95 bits per heavy atom. The number of aliphatic hydroxyl groups is 1. The van der Waals surface area contributed by atoms with Gasteiger partial charge in [0.25, 0.3) is 26.0 Å². The monoisotopic (exact) mass is 610 g/mol. The molecule has 2 aromatic heterocycles. The normalized spacial score (nSPS) is 18.9. The molecule has 1 aliphatic rings. The molecule has 224 valence electrons. The van der Waals surface area contributed by atoms with E-state index in [0.29, 0.717) is 0 Å². The van der Waals surface area contributed by atoms with Crippen molar-refractivity contribution in [1.29, 1.82) is 0 Å². The average Bonchev–Trinajstić information content (AvgIpc) is 3.50. The number of carbonyl (C=O) groups is 1. The van der Waals surface area contributed by atoms with Crippen molar-refractivity contribution in [3.05, 3.63) is 47.7 Å². The number of rotatable bonds is 9. The number of nitrogens with one attached hydrogen (secondary N) is 1. The van der Waals surface area contributed by atoms with Gasteiger partial charge in [-0.05, 0) is 32.9 Å². The maximum absolute atomic E-state index is 13.7. The van der Waals surface area contributed by atoms with Gasteiger partial charge < -0.3 is 23.8 Å². The van der Waals surface area contributed by atoms with Crippen molar-refractivity contribution in [2.75, 3.05) is 31.5 Å². The van der Waals surface area contributed by atoms with Gasteiger partial charge in [0, 0.05) is 32.8 Å². The summed E-state index contributed by atoms with van der Waals surface area (Å²) in [6.07, 6.45) is 1.93. The third-order valence-corrected chi connectivity index (χ3v) is 10.3. The van der Waals surface area contributed by atoms with Gasteiger partial charge >= 0.3 is 0 Å². The fourth-order valence-corrected chi connectivity index (χ4v) is 7.17. The molecule has 1 aromatic carbocycles. The summed E-state index contributed by atoms with van der Waals surface area (Å²) in [5.41, 5.74) is 0.180. The zero-order valence-electron chi connectivity index (χ0n) is 23.6. The van der Waals surface area contributed by atoms with Gasteiger partial charge in [-0.15, -0.1) is 0 Å². The summed E-state index contributed by atoms with van der Waals surface area (Å²) >= 11 is 0. The van der Waals surface area contributed by atoms with Crippen molar-refractivity contribution in [3.8, 4) is 5.75 Å². The molecular formula is C25H34N6O8S2. The third kappa shape index (κ3) is 5.95. The molecule has 2 N–H and O–H groups in total. The van der Waals surface area contributed by atoms with E-state index in [0.717, 1.165) is 4.31 Å². The lowest BCUT2D eigenvalue weighted by atomic mass is 9.99. The van der Waals surface area contributed by atoms with Gasteiger partial charge in [0.15, 0.2) is 21.4 Å². The van der Waals surface area contributed by atoms with Crippen LogP contribution in [0.5, 0.6) is 5.75 Å². The first-order valence-corrected chi connectivity index (χ1v) is 15.7. The van der Waals surface area contributed by atoms with Gasteiger partial charge in [0.1, 0.15) is 11.8 Å². The molecule has 0 unspecified atom stereocenters. The molecule has 0 aliphatic carbocycles. The Morgan fingerprint density at radius 3 is 2.54 bits per heavy atom. The van der Waals surface area contributed by atoms with Crippen LogP contribution in [0.3, 0.4) is 0 Å². The summed E-state index contributed by atoms with van der Waals surface area (Å²) in [6, 6.07) is 3.86. The second kappa shape index (κ2) is 11.4. The number of anilines is 1. The summed E-state index contributed by atoms with van der Waals surface area (Å²) in [7, 11) is -5.16. The first-order valence-electron chi connectivity index (χ1n) is 12.8. The number of likely N-dealkylation sites (N-methyl/N-ethyl adjacent to an activating group) is 1. The summed E-state index contributed by atoms with van der Waals surface area (Å²) in [6.45, 7) is 6.13. The van der Waals surface area contributed by atoms with E-state index < -0.39 is 44.0 Å². The number of aryl methyl sites for hydroxylation is 3. The van der Waals surface area contributed by atoms with Crippen LogP contribution >= 0.6 is 0 Å². The quantitative estimate of drug-likeness (QED) is 0.360. The van der Waals surface area contributed by atoms with Crippen LogP contribution < -0.4 is 9.46 Å². The lowest BCUT2D eigenvalue weighted by Gasteiger charge is -2.38. The molecule has 14 nitrogen and oxygen atoms in total. The lowest BCUT2D eigenvalue weighted by molar-refractivity contribution is 0.0389. The van der Waals surface area contributed by atoms with Crippen molar-refractivity contribution in [3.63, 3.8) is 0 Å². The largest absolute Gasteiger partial charge is 0.486 e. The molecule has 0 bridgehead atoms. The minimum absolute atomic E-state index is 0.0261. The molecule has 41 heavy (non-hydrogen) atoms. The van der Waals surface area contributed by atoms with E-state index >= 15 is 0 Å². The van der Waals surface area contributed by atoms with E-state index in [1.165, 1.54) is 61.1 Å². The molecule has 3 heterocycles. The Hall–Kier alpha value is -3.47. The Labute approximate surface area is 239 Å². The van der Waals surface area contributed by atoms with E-state index in [9.17, 15) is 26.7 Å². The molecule has 0 spiro atoms. The highest BCUT2D eigenvalue weighted by atomic mass is 32.2. The predicted octanol–water partition coefficient (Wildman–Crippen LogP) is 1.37. The smallest absolute Gasteiger partial charge is 0.267 e. The maximum Gasteiger partial charge on any atom is 0.267 e. The van der Waals surface area contributed by atoms with Gasteiger partial charge in [0.05, 0.1) is 36.8 Å². The minimum atomic E-state index is -4.22. The lowest BCUT2D eigenvalue weighted by Crippen LogP contribution is -2.50. The van der Waals surface area contributed by atoms with Crippen LogP contribution in [0.25, 0.3) is 0 Å². The fourth-order valence-electron chi connectivity index (χ4n) is 4.63. The number of para-hydroxylation sites is 1. The highest BCUT2D eigenvalue weighted by molar-refractivity contribution is 7.92. The fraction of sp³-hybridized carbons (Fsp3) is 0.480. The van der Waals surface area contributed by atoms with Crippen LogP contribution in [-0.4, -0.2) is 90.7 Å². The molecular weight excluding hydrogens is 576 g/mol. The number of amides is 1. The van der Waals surface area contributed by atoms with E-state index in [1.807, 2.05) is 0 Å². The third-order valence-electron chi connectivity index (χ3n) is 6.96. The summed E-state index contributed by atoms with van der Waals surface area (Å²) < 4.78 is 69.7. The van der Waals surface area contributed by atoms with Gasteiger partial charge in [-0.1, -0.05) is 18.1 Å². The average molecular weight is 611 g/mol. The molecule has 0 saturated carbocycles. The number of ether oxygens (including phenoxy) is 1. The molecule has 0 saturated heterocycles. The van der Waals surface area contributed by atoms with Gasteiger partial charge in [-0.3, -0.25) is 9.52 Å². The van der Waals surface area contributed by atoms with Gasteiger partial charge in [-0.25, -0.2) is 21.8 Å². The number of imidazole rings is 1. The van der Waals surface area contributed by atoms with Gasteiger partial charge in [0.2, 0.25) is 0 Å². The van der Waals surface area contributed by atoms with Crippen molar-refractivity contribution in [2.45, 2.75) is 49.8 Å². The van der Waals surface area contributed by atoms with Crippen LogP contribution in [0.1, 0.15) is 35.7 Å².